The van der Waals surface area contributed by atoms with Crippen LogP contribution in [0.25, 0.3) is 0 Å². The summed E-state index contributed by atoms with van der Waals surface area (Å²) >= 11 is 0. The number of hydrogen-bond donors (Lipinski definition) is 1. The first-order valence-electron chi connectivity index (χ1n) is 6.75. The first kappa shape index (κ1) is 14.1. The van der Waals surface area contributed by atoms with E-state index in [1.54, 1.807) is 13.0 Å². The standard InChI is InChI=1S/C14H21NO4/c1-3-18-14(17)11-5-7-19-13(11)8-15-6-4-10(2)12(15)9-16/h5,7,10,12,16H,3-4,6,8-9H2,1-2H3. The van der Waals surface area contributed by atoms with E-state index < -0.39 is 0 Å². The van der Waals surface area contributed by atoms with Gasteiger partial charge in [0, 0.05) is 6.04 Å². The maximum atomic E-state index is 11.8. The largest absolute Gasteiger partial charge is 0.467 e. The second kappa shape index (κ2) is 6.21. The first-order valence-corrected chi connectivity index (χ1v) is 6.75. The molecule has 1 saturated heterocycles. The predicted octanol–water partition coefficient (Wildman–Crippen LogP) is 1.66. The van der Waals surface area contributed by atoms with E-state index in [2.05, 4.69) is 11.8 Å². The molecule has 1 aromatic heterocycles. The predicted molar refractivity (Wildman–Crippen MR) is 69.7 cm³/mol. The van der Waals surface area contributed by atoms with Crippen molar-refractivity contribution in [3.63, 3.8) is 0 Å². The summed E-state index contributed by atoms with van der Waals surface area (Å²) in [6.45, 7) is 5.85. The average Bonchev–Trinajstić information content (AvgIpc) is 2.97. The first-order chi connectivity index (χ1) is 9.17. The molecule has 2 unspecified atom stereocenters. The van der Waals surface area contributed by atoms with Gasteiger partial charge in [-0.25, -0.2) is 4.79 Å². The van der Waals surface area contributed by atoms with Gasteiger partial charge in [-0.15, -0.1) is 0 Å². The zero-order chi connectivity index (χ0) is 13.8. The molecule has 1 aliphatic heterocycles. The van der Waals surface area contributed by atoms with Gasteiger partial charge in [-0.05, 0) is 31.9 Å². The summed E-state index contributed by atoms with van der Waals surface area (Å²) in [5, 5.41) is 9.43. The molecule has 1 N–H and O–H groups in total. The topological polar surface area (TPSA) is 62.9 Å². The van der Waals surface area contributed by atoms with Gasteiger partial charge in [-0.1, -0.05) is 6.92 Å². The highest BCUT2D eigenvalue weighted by Gasteiger charge is 2.32. The van der Waals surface area contributed by atoms with E-state index in [9.17, 15) is 9.90 Å². The number of esters is 1. The van der Waals surface area contributed by atoms with Crippen LogP contribution in [0.15, 0.2) is 16.7 Å². The number of furan rings is 1. The number of nitrogens with zero attached hydrogens (tertiary/aromatic N) is 1. The minimum absolute atomic E-state index is 0.136. The van der Waals surface area contributed by atoms with Crippen LogP contribution in [-0.2, 0) is 11.3 Å². The summed E-state index contributed by atoms with van der Waals surface area (Å²) in [6.07, 6.45) is 2.57. The fourth-order valence-corrected chi connectivity index (χ4v) is 2.62. The summed E-state index contributed by atoms with van der Waals surface area (Å²) in [5.74, 6) is 0.732. The lowest BCUT2D eigenvalue weighted by molar-refractivity contribution is 0.0520. The second-order valence-electron chi connectivity index (χ2n) is 4.96. The van der Waals surface area contributed by atoms with Crippen molar-refractivity contribution in [2.24, 2.45) is 5.92 Å². The van der Waals surface area contributed by atoms with Gasteiger partial charge in [0.2, 0.25) is 0 Å². The van der Waals surface area contributed by atoms with E-state index in [0.717, 1.165) is 13.0 Å². The lowest BCUT2D eigenvalue weighted by Crippen LogP contribution is -2.34. The highest BCUT2D eigenvalue weighted by atomic mass is 16.5. The molecule has 2 heterocycles. The fourth-order valence-electron chi connectivity index (χ4n) is 2.62. The molecule has 1 aromatic rings. The van der Waals surface area contributed by atoms with Crippen molar-refractivity contribution < 1.29 is 19.1 Å². The summed E-state index contributed by atoms with van der Waals surface area (Å²) in [6, 6.07) is 1.78. The quantitative estimate of drug-likeness (QED) is 0.822. The van der Waals surface area contributed by atoms with Crippen LogP contribution in [0.1, 0.15) is 36.4 Å². The van der Waals surface area contributed by atoms with Gasteiger partial charge < -0.3 is 14.3 Å². The van der Waals surface area contributed by atoms with Gasteiger partial charge in [-0.2, -0.15) is 0 Å². The highest BCUT2D eigenvalue weighted by Crippen LogP contribution is 2.26. The van der Waals surface area contributed by atoms with E-state index >= 15 is 0 Å². The Bertz CT molecular complexity index is 429. The maximum Gasteiger partial charge on any atom is 0.341 e. The molecule has 0 amide bonds. The normalized spacial score (nSPS) is 23.7. The third kappa shape index (κ3) is 2.98. The van der Waals surface area contributed by atoms with Crippen molar-refractivity contribution in [3.8, 4) is 0 Å². The number of hydrogen-bond acceptors (Lipinski definition) is 5. The number of rotatable bonds is 5. The van der Waals surface area contributed by atoms with Crippen LogP contribution in [-0.4, -0.2) is 41.8 Å². The molecule has 1 fully saturated rings. The number of ether oxygens (including phenoxy) is 1. The lowest BCUT2D eigenvalue weighted by atomic mass is 10.0. The molecule has 0 aromatic carbocycles. The Kier molecular flexibility index (Phi) is 4.61. The Labute approximate surface area is 113 Å². The number of likely N-dealkylation sites (tertiary alicyclic amines) is 1. The maximum absolute atomic E-state index is 11.8. The molecular formula is C14H21NO4. The van der Waals surface area contributed by atoms with E-state index in [-0.39, 0.29) is 18.6 Å². The minimum Gasteiger partial charge on any atom is -0.467 e. The van der Waals surface area contributed by atoms with E-state index in [1.807, 2.05) is 0 Å². The summed E-state index contributed by atoms with van der Waals surface area (Å²) in [5.41, 5.74) is 0.484. The summed E-state index contributed by atoms with van der Waals surface area (Å²) in [7, 11) is 0. The zero-order valence-corrected chi connectivity index (χ0v) is 11.5. The van der Waals surface area contributed by atoms with Gasteiger partial charge in [0.1, 0.15) is 11.3 Å². The van der Waals surface area contributed by atoms with Crippen molar-refractivity contribution in [2.45, 2.75) is 32.9 Å². The number of carbonyl (C=O) groups excluding carboxylic acids is 1. The molecule has 106 valence electrons. The second-order valence-corrected chi connectivity index (χ2v) is 4.96. The number of aliphatic hydroxyl groups is 1. The molecule has 5 nitrogen and oxygen atoms in total. The molecule has 0 bridgehead atoms. The van der Waals surface area contributed by atoms with Gasteiger partial charge in [0.15, 0.2) is 0 Å². The van der Waals surface area contributed by atoms with Gasteiger partial charge in [0.05, 0.1) is 26.0 Å². The van der Waals surface area contributed by atoms with Crippen molar-refractivity contribution in [2.75, 3.05) is 19.8 Å². The number of aliphatic hydroxyl groups excluding tert-OH is 1. The van der Waals surface area contributed by atoms with Crippen molar-refractivity contribution in [1.29, 1.82) is 0 Å². The van der Waals surface area contributed by atoms with Crippen molar-refractivity contribution in [3.05, 3.63) is 23.7 Å². The van der Waals surface area contributed by atoms with E-state index in [0.29, 0.717) is 30.4 Å². The van der Waals surface area contributed by atoms with Crippen LogP contribution >= 0.6 is 0 Å². The Morgan fingerprint density at radius 1 is 1.63 bits per heavy atom. The molecule has 5 heteroatoms. The van der Waals surface area contributed by atoms with Gasteiger partial charge in [0.25, 0.3) is 0 Å². The minimum atomic E-state index is -0.348. The Balaban J connectivity index is 2.07. The molecular weight excluding hydrogens is 246 g/mol. The van der Waals surface area contributed by atoms with Crippen LogP contribution in [0, 0.1) is 5.92 Å². The fraction of sp³-hybridized carbons (Fsp3) is 0.643. The molecule has 0 saturated carbocycles. The SMILES string of the molecule is CCOC(=O)c1ccoc1CN1CCC(C)C1CO. The molecule has 19 heavy (non-hydrogen) atoms. The van der Waals surface area contributed by atoms with E-state index in [1.165, 1.54) is 6.26 Å². The average molecular weight is 267 g/mol. The molecule has 0 aliphatic carbocycles. The number of carbonyl (C=O) groups is 1. The zero-order valence-electron chi connectivity index (χ0n) is 11.5. The van der Waals surface area contributed by atoms with Crippen LogP contribution in [0.2, 0.25) is 0 Å². The third-order valence-electron chi connectivity index (χ3n) is 3.77. The molecule has 2 atom stereocenters. The smallest absolute Gasteiger partial charge is 0.341 e. The van der Waals surface area contributed by atoms with E-state index in [4.69, 9.17) is 9.15 Å². The lowest BCUT2D eigenvalue weighted by Gasteiger charge is -2.24. The molecule has 2 rings (SSSR count). The van der Waals surface area contributed by atoms with Crippen LogP contribution in [0.5, 0.6) is 0 Å². The van der Waals surface area contributed by atoms with Crippen LogP contribution in [0.4, 0.5) is 0 Å². The summed E-state index contributed by atoms with van der Waals surface area (Å²) in [4.78, 5) is 13.9. The van der Waals surface area contributed by atoms with Crippen molar-refractivity contribution in [1.82, 2.24) is 4.90 Å². The monoisotopic (exact) mass is 267 g/mol. The highest BCUT2D eigenvalue weighted by molar-refractivity contribution is 5.90. The van der Waals surface area contributed by atoms with Gasteiger partial charge in [-0.3, -0.25) is 4.90 Å². The molecule has 0 spiro atoms. The van der Waals surface area contributed by atoms with Crippen LogP contribution in [0.3, 0.4) is 0 Å². The summed E-state index contributed by atoms with van der Waals surface area (Å²) < 4.78 is 10.4. The molecule has 1 aliphatic rings. The van der Waals surface area contributed by atoms with Gasteiger partial charge >= 0.3 is 5.97 Å². The van der Waals surface area contributed by atoms with Crippen LogP contribution < -0.4 is 0 Å². The third-order valence-corrected chi connectivity index (χ3v) is 3.77. The Morgan fingerprint density at radius 3 is 3.11 bits per heavy atom. The van der Waals surface area contributed by atoms with Crippen molar-refractivity contribution >= 4 is 5.97 Å². The Hall–Kier alpha value is -1.33. The molecule has 0 radical (unpaired) electrons. The Morgan fingerprint density at radius 2 is 2.42 bits per heavy atom.